The Balaban J connectivity index is 1.52. The van der Waals surface area contributed by atoms with E-state index in [-0.39, 0.29) is 10.8 Å². The number of carbonyl (C=O) groups excluding carboxylic acids is 1. The summed E-state index contributed by atoms with van der Waals surface area (Å²) in [5.41, 5.74) is 0.896. The Morgan fingerprint density at radius 2 is 2.33 bits per heavy atom. The normalized spacial score (nSPS) is 13.4. The number of hydrogen-bond donors (Lipinski definition) is 1. The minimum absolute atomic E-state index is 0.0180. The van der Waals surface area contributed by atoms with Crippen LogP contribution < -0.4 is 10.2 Å². The molecule has 1 aliphatic rings. The first-order valence-electron chi connectivity index (χ1n) is 6.98. The maximum atomic E-state index is 11.9. The van der Waals surface area contributed by atoms with Crippen molar-refractivity contribution >= 4 is 17.2 Å². The molecule has 112 valence electrons. The zero-order chi connectivity index (χ0) is 14.8. The van der Waals surface area contributed by atoms with Crippen molar-refractivity contribution in [2.75, 3.05) is 0 Å². The van der Waals surface area contributed by atoms with Crippen LogP contribution in [0.25, 0.3) is 0 Å². The second kappa shape index (κ2) is 5.80. The third-order valence-electron chi connectivity index (χ3n) is 3.67. The lowest BCUT2D eigenvalue weighted by atomic mass is 10.3. The molecule has 0 aliphatic carbocycles. The maximum absolute atomic E-state index is 11.9. The summed E-state index contributed by atoms with van der Waals surface area (Å²) in [5.74, 6) is 1.72. The number of fused-ring (bicyclic) bond motifs is 1. The predicted octanol–water partition coefficient (Wildman–Crippen LogP) is 0.462. The van der Waals surface area contributed by atoms with Gasteiger partial charge in [0.2, 0.25) is 5.91 Å². The highest BCUT2D eigenvalue weighted by molar-refractivity contribution is 7.07. The van der Waals surface area contributed by atoms with E-state index >= 15 is 0 Å². The Kier molecular flexibility index (Phi) is 3.87. The van der Waals surface area contributed by atoms with Gasteiger partial charge in [0.05, 0.1) is 6.54 Å². The molecule has 0 fully saturated rings. The van der Waals surface area contributed by atoms with E-state index in [0.29, 0.717) is 19.5 Å². The first-order valence-corrected chi connectivity index (χ1v) is 7.85. The quantitative estimate of drug-likeness (QED) is 0.870. The molecule has 3 heterocycles. The zero-order valence-corrected chi connectivity index (χ0v) is 12.7. The van der Waals surface area contributed by atoms with Gasteiger partial charge in [0.15, 0.2) is 5.82 Å². The van der Waals surface area contributed by atoms with E-state index in [2.05, 4.69) is 20.1 Å². The van der Waals surface area contributed by atoms with E-state index in [9.17, 15) is 9.59 Å². The number of aromatic nitrogens is 4. The van der Waals surface area contributed by atoms with Gasteiger partial charge in [-0.2, -0.15) is 0 Å². The van der Waals surface area contributed by atoms with Gasteiger partial charge in [0, 0.05) is 37.0 Å². The topological polar surface area (TPSA) is 81.8 Å². The fourth-order valence-electron chi connectivity index (χ4n) is 2.50. The van der Waals surface area contributed by atoms with Crippen molar-refractivity contribution in [2.45, 2.75) is 45.8 Å². The van der Waals surface area contributed by atoms with Crippen molar-refractivity contribution in [1.82, 2.24) is 24.6 Å². The molecule has 0 unspecified atom stereocenters. The second-order valence-electron chi connectivity index (χ2n) is 5.11. The fourth-order valence-corrected chi connectivity index (χ4v) is 3.26. The van der Waals surface area contributed by atoms with Crippen LogP contribution in [0.2, 0.25) is 0 Å². The molecule has 21 heavy (non-hydrogen) atoms. The highest BCUT2D eigenvalue weighted by atomic mass is 32.1. The second-order valence-corrected chi connectivity index (χ2v) is 5.93. The Morgan fingerprint density at radius 3 is 3.10 bits per heavy atom. The summed E-state index contributed by atoms with van der Waals surface area (Å²) < 4.78 is 3.69. The van der Waals surface area contributed by atoms with Crippen LogP contribution >= 0.6 is 11.3 Å². The average Bonchev–Trinajstić information content (AvgIpc) is 3.13. The van der Waals surface area contributed by atoms with E-state index in [1.165, 1.54) is 0 Å². The maximum Gasteiger partial charge on any atom is 0.307 e. The molecular formula is C13H17N5O2S. The zero-order valence-electron chi connectivity index (χ0n) is 11.8. The van der Waals surface area contributed by atoms with Crippen LogP contribution in [0.15, 0.2) is 10.2 Å². The van der Waals surface area contributed by atoms with Gasteiger partial charge in [-0.3, -0.25) is 9.59 Å². The highest BCUT2D eigenvalue weighted by Gasteiger charge is 2.17. The fraction of sp³-hybridized carbons (Fsp3) is 0.538. The highest BCUT2D eigenvalue weighted by Crippen LogP contribution is 2.13. The van der Waals surface area contributed by atoms with Gasteiger partial charge in [-0.05, 0) is 13.3 Å². The molecule has 8 heteroatoms. The summed E-state index contributed by atoms with van der Waals surface area (Å²) in [7, 11) is 0. The molecular weight excluding hydrogens is 290 g/mol. The lowest BCUT2D eigenvalue weighted by Crippen LogP contribution is -2.27. The molecule has 0 saturated heterocycles. The van der Waals surface area contributed by atoms with Gasteiger partial charge in [-0.15, -0.1) is 10.2 Å². The Hall–Kier alpha value is -1.96. The van der Waals surface area contributed by atoms with Crippen LogP contribution in [0.3, 0.4) is 0 Å². The first-order chi connectivity index (χ1) is 10.1. The summed E-state index contributed by atoms with van der Waals surface area (Å²) in [6.45, 7) is 3.60. The number of carbonyl (C=O) groups is 1. The van der Waals surface area contributed by atoms with Crippen molar-refractivity contribution in [3.63, 3.8) is 0 Å². The predicted molar refractivity (Wildman–Crippen MR) is 78.1 cm³/mol. The summed E-state index contributed by atoms with van der Waals surface area (Å²) in [4.78, 5) is 23.4. The van der Waals surface area contributed by atoms with Crippen molar-refractivity contribution in [1.29, 1.82) is 0 Å². The molecule has 2 aromatic rings. The smallest absolute Gasteiger partial charge is 0.307 e. The SMILES string of the molecule is Cc1csc(=O)n1CCC(=O)NCc1nnc2n1CCC2. The van der Waals surface area contributed by atoms with Crippen LogP contribution in [-0.2, 0) is 30.8 Å². The van der Waals surface area contributed by atoms with Gasteiger partial charge >= 0.3 is 4.87 Å². The van der Waals surface area contributed by atoms with Gasteiger partial charge in [-0.1, -0.05) is 11.3 Å². The van der Waals surface area contributed by atoms with E-state index in [1.807, 2.05) is 6.92 Å². The Morgan fingerprint density at radius 1 is 1.48 bits per heavy atom. The Labute approximate surface area is 125 Å². The van der Waals surface area contributed by atoms with Crippen molar-refractivity contribution in [3.05, 3.63) is 32.4 Å². The third kappa shape index (κ3) is 2.90. The minimum atomic E-state index is -0.0807. The van der Waals surface area contributed by atoms with E-state index < -0.39 is 0 Å². The molecule has 0 spiro atoms. The molecule has 1 N–H and O–H groups in total. The molecule has 0 aromatic carbocycles. The number of nitrogens with one attached hydrogen (secondary N) is 1. The van der Waals surface area contributed by atoms with Crippen LogP contribution in [-0.4, -0.2) is 25.2 Å². The number of amides is 1. The molecule has 0 atom stereocenters. The summed E-state index contributed by atoms with van der Waals surface area (Å²) in [6.07, 6.45) is 2.34. The lowest BCUT2D eigenvalue weighted by molar-refractivity contribution is -0.121. The average molecular weight is 307 g/mol. The number of hydrogen-bond acceptors (Lipinski definition) is 5. The van der Waals surface area contributed by atoms with Crippen LogP contribution in [0.5, 0.6) is 0 Å². The van der Waals surface area contributed by atoms with Gasteiger partial charge in [-0.25, -0.2) is 0 Å². The number of thiazole rings is 1. The van der Waals surface area contributed by atoms with Crippen molar-refractivity contribution < 1.29 is 4.79 Å². The molecule has 2 aromatic heterocycles. The third-order valence-corrected chi connectivity index (χ3v) is 4.55. The standard InChI is InChI=1S/C13H17N5O2S/c1-9-8-21-13(20)17(9)6-4-12(19)14-7-11-16-15-10-3-2-5-18(10)11/h8H,2-7H2,1H3,(H,14,19). The summed E-state index contributed by atoms with van der Waals surface area (Å²) in [6, 6.07) is 0. The van der Waals surface area contributed by atoms with Gasteiger partial charge < -0.3 is 14.5 Å². The van der Waals surface area contributed by atoms with Gasteiger partial charge in [0.1, 0.15) is 5.82 Å². The lowest BCUT2D eigenvalue weighted by Gasteiger charge is -2.07. The molecule has 1 amide bonds. The number of nitrogens with zero attached hydrogens (tertiary/aromatic N) is 4. The number of aryl methyl sites for hydroxylation is 2. The van der Waals surface area contributed by atoms with Crippen molar-refractivity contribution in [3.8, 4) is 0 Å². The van der Waals surface area contributed by atoms with Crippen molar-refractivity contribution in [2.24, 2.45) is 0 Å². The molecule has 3 rings (SSSR count). The monoisotopic (exact) mass is 307 g/mol. The largest absolute Gasteiger partial charge is 0.349 e. The molecule has 0 saturated carbocycles. The van der Waals surface area contributed by atoms with E-state index in [0.717, 1.165) is 48.1 Å². The first kappa shape index (κ1) is 14.0. The molecule has 7 nitrogen and oxygen atoms in total. The minimum Gasteiger partial charge on any atom is -0.349 e. The molecule has 1 aliphatic heterocycles. The summed E-state index contributed by atoms with van der Waals surface area (Å²) >= 11 is 1.16. The Bertz CT molecular complexity index is 714. The van der Waals surface area contributed by atoms with E-state index in [4.69, 9.17) is 0 Å². The van der Waals surface area contributed by atoms with E-state index in [1.54, 1.807) is 9.95 Å². The molecule has 0 bridgehead atoms. The van der Waals surface area contributed by atoms with Crippen LogP contribution in [0.1, 0.15) is 30.2 Å². The van der Waals surface area contributed by atoms with Crippen LogP contribution in [0, 0.1) is 6.92 Å². The van der Waals surface area contributed by atoms with Gasteiger partial charge in [0.25, 0.3) is 0 Å². The summed E-state index contributed by atoms with van der Waals surface area (Å²) in [5, 5.41) is 12.8. The molecule has 0 radical (unpaired) electrons. The van der Waals surface area contributed by atoms with Crippen LogP contribution in [0.4, 0.5) is 0 Å². The number of rotatable bonds is 5.